The fourth-order valence-electron chi connectivity index (χ4n) is 2.26. The lowest BCUT2D eigenvalue weighted by molar-refractivity contribution is -0.152. The van der Waals surface area contributed by atoms with Gasteiger partial charge in [0.05, 0.1) is 25.6 Å². The predicted octanol–water partition coefficient (Wildman–Crippen LogP) is 1.13. The molecule has 1 saturated heterocycles. The largest absolute Gasteiger partial charge is 0.466 e. The van der Waals surface area contributed by atoms with Crippen LogP contribution in [0.2, 0.25) is 0 Å². The maximum absolute atomic E-state index is 12.0. The van der Waals surface area contributed by atoms with Crippen molar-refractivity contribution in [2.75, 3.05) is 26.3 Å². The molecule has 1 aliphatic heterocycles. The van der Waals surface area contributed by atoms with Gasteiger partial charge in [-0.3, -0.25) is 14.4 Å². The van der Waals surface area contributed by atoms with E-state index in [0.29, 0.717) is 26.3 Å². The summed E-state index contributed by atoms with van der Waals surface area (Å²) < 4.78 is 9.78. The van der Waals surface area contributed by atoms with E-state index in [2.05, 4.69) is 0 Å². The summed E-state index contributed by atoms with van der Waals surface area (Å²) in [6.45, 7) is 5.20. The van der Waals surface area contributed by atoms with Crippen LogP contribution in [0, 0.1) is 5.92 Å². The van der Waals surface area contributed by atoms with E-state index < -0.39 is 0 Å². The van der Waals surface area contributed by atoms with Crippen molar-refractivity contribution in [3.63, 3.8) is 0 Å². The third-order valence-electron chi connectivity index (χ3n) is 3.24. The topological polar surface area (TPSA) is 72.9 Å². The summed E-state index contributed by atoms with van der Waals surface area (Å²) in [4.78, 5) is 36.5. The Morgan fingerprint density at radius 3 is 2.45 bits per heavy atom. The van der Waals surface area contributed by atoms with Gasteiger partial charge in [0, 0.05) is 19.5 Å². The molecule has 1 rings (SSSR count). The van der Waals surface area contributed by atoms with E-state index in [4.69, 9.17) is 9.47 Å². The minimum atomic E-state index is -0.361. The van der Waals surface area contributed by atoms with Gasteiger partial charge in [-0.05, 0) is 26.7 Å². The highest BCUT2D eigenvalue weighted by Gasteiger charge is 2.29. The zero-order chi connectivity index (χ0) is 15.0. The third-order valence-corrected chi connectivity index (χ3v) is 3.24. The average Bonchev–Trinajstić information content (AvgIpc) is 2.45. The molecule has 20 heavy (non-hydrogen) atoms. The van der Waals surface area contributed by atoms with Gasteiger partial charge in [-0.15, -0.1) is 0 Å². The van der Waals surface area contributed by atoms with Gasteiger partial charge in [0.2, 0.25) is 5.91 Å². The normalized spacial score (nSPS) is 18.5. The number of esters is 2. The molecule has 0 aliphatic carbocycles. The molecule has 0 aromatic heterocycles. The van der Waals surface area contributed by atoms with Gasteiger partial charge < -0.3 is 14.4 Å². The fraction of sp³-hybridized carbons (Fsp3) is 0.786. The Balaban J connectivity index is 2.40. The number of hydrogen-bond donors (Lipinski definition) is 0. The monoisotopic (exact) mass is 285 g/mol. The number of likely N-dealkylation sites (tertiary alicyclic amines) is 1. The van der Waals surface area contributed by atoms with Crippen molar-refractivity contribution in [2.45, 2.75) is 39.5 Å². The number of carbonyl (C=O) groups excluding carboxylic acids is 3. The molecular formula is C14H23NO5. The molecule has 1 heterocycles. The summed E-state index contributed by atoms with van der Waals surface area (Å²) >= 11 is 0. The number of hydrogen-bond acceptors (Lipinski definition) is 5. The molecule has 0 radical (unpaired) electrons. The highest BCUT2D eigenvalue weighted by Crippen LogP contribution is 2.19. The predicted molar refractivity (Wildman–Crippen MR) is 71.8 cm³/mol. The molecule has 0 saturated carbocycles. The van der Waals surface area contributed by atoms with Crippen LogP contribution in [0.25, 0.3) is 0 Å². The van der Waals surface area contributed by atoms with Crippen molar-refractivity contribution in [2.24, 2.45) is 5.92 Å². The Bertz CT molecular complexity index is 355. The Morgan fingerprint density at radius 1 is 1.10 bits per heavy atom. The summed E-state index contributed by atoms with van der Waals surface area (Å²) in [5.41, 5.74) is 0. The van der Waals surface area contributed by atoms with Crippen molar-refractivity contribution in [1.29, 1.82) is 0 Å². The Kier molecular flexibility index (Phi) is 7.04. The molecule has 1 amide bonds. The van der Waals surface area contributed by atoms with Gasteiger partial charge in [-0.25, -0.2) is 0 Å². The van der Waals surface area contributed by atoms with Crippen LogP contribution in [0.15, 0.2) is 0 Å². The average molecular weight is 285 g/mol. The number of ether oxygens (including phenoxy) is 2. The molecule has 0 spiro atoms. The molecule has 1 atom stereocenters. The van der Waals surface area contributed by atoms with E-state index >= 15 is 0 Å². The Labute approximate surface area is 119 Å². The second kappa shape index (κ2) is 8.55. The first-order valence-electron chi connectivity index (χ1n) is 7.18. The maximum Gasteiger partial charge on any atom is 0.310 e. The quantitative estimate of drug-likeness (QED) is 0.684. The van der Waals surface area contributed by atoms with Gasteiger partial charge >= 0.3 is 11.9 Å². The summed E-state index contributed by atoms with van der Waals surface area (Å²) in [7, 11) is 0. The molecule has 6 heteroatoms. The molecule has 0 aromatic carbocycles. The van der Waals surface area contributed by atoms with Crippen LogP contribution in [0.1, 0.15) is 39.5 Å². The Hall–Kier alpha value is -1.59. The minimum Gasteiger partial charge on any atom is -0.466 e. The van der Waals surface area contributed by atoms with Crippen LogP contribution in [0.4, 0.5) is 0 Å². The fourth-order valence-corrected chi connectivity index (χ4v) is 2.26. The first kappa shape index (κ1) is 16.5. The molecule has 114 valence electrons. The lowest BCUT2D eigenvalue weighted by Crippen LogP contribution is -2.42. The lowest BCUT2D eigenvalue weighted by atomic mass is 9.98. The maximum atomic E-state index is 12.0. The number of rotatable bonds is 6. The Morgan fingerprint density at radius 2 is 1.80 bits per heavy atom. The summed E-state index contributed by atoms with van der Waals surface area (Å²) in [6, 6.07) is 0. The van der Waals surface area contributed by atoms with Crippen LogP contribution in [0.3, 0.4) is 0 Å². The van der Waals surface area contributed by atoms with E-state index in [1.807, 2.05) is 0 Å². The first-order chi connectivity index (χ1) is 9.58. The SMILES string of the molecule is CCOC(=O)CCC(=O)N1CCCC(C(=O)OCC)C1. The number of nitrogens with zero attached hydrogens (tertiary/aromatic N) is 1. The summed E-state index contributed by atoms with van der Waals surface area (Å²) in [6.07, 6.45) is 1.76. The van der Waals surface area contributed by atoms with Crippen LogP contribution >= 0.6 is 0 Å². The van der Waals surface area contributed by atoms with Crippen LogP contribution in [-0.4, -0.2) is 49.0 Å². The molecule has 1 fully saturated rings. The lowest BCUT2D eigenvalue weighted by Gasteiger charge is -2.31. The second-order valence-corrected chi connectivity index (χ2v) is 4.74. The first-order valence-corrected chi connectivity index (χ1v) is 7.18. The van der Waals surface area contributed by atoms with E-state index in [1.165, 1.54) is 0 Å². The molecule has 6 nitrogen and oxygen atoms in total. The molecule has 0 bridgehead atoms. The zero-order valence-corrected chi connectivity index (χ0v) is 12.2. The molecule has 1 aliphatic rings. The highest BCUT2D eigenvalue weighted by atomic mass is 16.5. The van der Waals surface area contributed by atoms with Gasteiger partial charge in [0.1, 0.15) is 0 Å². The van der Waals surface area contributed by atoms with Gasteiger partial charge in [0.25, 0.3) is 0 Å². The van der Waals surface area contributed by atoms with E-state index in [-0.39, 0.29) is 36.6 Å². The van der Waals surface area contributed by atoms with Crippen molar-refractivity contribution < 1.29 is 23.9 Å². The minimum absolute atomic E-state index is 0.0905. The van der Waals surface area contributed by atoms with Crippen LogP contribution in [0.5, 0.6) is 0 Å². The standard InChI is InChI=1S/C14H23NO5/c1-3-19-13(17)8-7-12(16)15-9-5-6-11(10-15)14(18)20-4-2/h11H,3-10H2,1-2H3. The number of amides is 1. The van der Waals surface area contributed by atoms with Crippen molar-refractivity contribution >= 4 is 17.8 Å². The van der Waals surface area contributed by atoms with Crippen molar-refractivity contribution in [3.8, 4) is 0 Å². The number of carbonyl (C=O) groups is 3. The van der Waals surface area contributed by atoms with Crippen molar-refractivity contribution in [1.82, 2.24) is 4.90 Å². The molecule has 0 N–H and O–H groups in total. The summed E-state index contributed by atoms with van der Waals surface area (Å²) in [5, 5.41) is 0. The van der Waals surface area contributed by atoms with Crippen molar-refractivity contribution in [3.05, 3.63) is 0 Å². The molecular weight excluding hydrogens is 262 g/mol. The van der Waals surface area contributed by atoms with E-state index in [0.717, 1.165) is 12.8 Å². The van der Waals surface area contributed by atoms with E-state index in [1.54, 1.807) is 18.7 Å². The zero-order valence-electron chi connectivity index (χ0n) is 12.2. The summed E-state index contributed by atoms with van der Waals surface area (Å²) in [5.74, 6) is -0.947. The second-order valence-electron chi connectivity index (χ2n) is 4.74. The highest BCUT2D eigenvalue weighted by molar-refractivity contribution is 5.82. The van der Waals surface area contributed by atoms with Gasteiger partial charge in [-0.1, -0.05) is 0 Å². The molecule has 0 aromatic rings. The third kappa shape index (κ3) is 5.19. The number of piperidine rings is 1. The van der Waals surface area contributed by atoms with Gasteiger partial charge in [-0.2, -0.15) is 0 Å². The van der Waals surface area contributed by atoms with Gasteiger partial charge in [0.15, 0.2) is 0 Å². The van der Waals surface area contributed by atoms with Crippen LogP contribution < -0.4 is 0 Å². The smallest absolute Gasteiger partial charge is 0.310 e. The molecule has 1 unspecified atom stereocenters. The van der Waals surface area contributed by atoms with E-state index in [9.17, 15) is 14.4 Å². The van der Waals surface area contributed by atoms with Crippen LogP contribution in [-0.2, 0) is 23.9 Å².